The molecule has 1 aliphatic heterocycles. The third-order valence-electron chi connectivity index (χ3n) is 4.63. The number of hydrogen-bond donors (Lipinski definition) is 1. The van der Waals surface area contributed by atoms with E-state index in [0.29, 0.717) is 42.7 Å². The highest BCUT2D eigenvalue weighted by Gasteiger charge is 2.30. The van der Waals surface area contributed by atoms with Gasteiger partial charge in [0.15, 0.2) is 11.5 Å². The largest absolute Gasteiger partial charge is 0.486 e. The number of amides is 1. The summed E-state index contributed by atoms with van der Waals surface area (Å²) in [7, 11) is -3.71. The van der Waals surface area contributed by atoms with Gasteiger partial charge in [-0.2, -0.15) is 11.8 Å². The summed E-state index contributed by atoms with van der Waals surface area (Å²) in [5.41, 5.74) is 1.39. The van der Waals surface area contributed by atoms with Crippen molar-refractivity contribution in [2.75, 3.05) is 36.1 Å². The molecule has 31 heavy (non-hydrogen) atoms. The molecule has 0 aromatic heterocycles. The number of hydrogen-bond acceptors (Lipinski definition) is 6. The van der Waals surface area contributed by atoms with E-state index in [2.05, 4.69) is 5.32 Å². The highest BCUT2D eigenvalue weighted by Crippen LogP contribution is 2.35. The lowest BCUT2D eigenvalue weighted by Gasteiger charge is -2.29. The molecule has 0 spiro atoms. The molecule has 7 nitrogen and oxygen atoms in total. The second kappa shape index (κ2) is 10.5. The smallest absolute Gasteiger partial charge is 0.243 e. The lowest BCUT2D eigenvalue weighted by atomic mass is 10.2. The SMILES string of the molecule is C[C@H](C(=O)NCCSCc1ccccc1Cl)N(c1ccc2c(c1)OCCO2)S(C)(=O)=O. The van der Waals surface area contributed by atoms with Gasteiger partial charge in [0.2, 0.25) is 15.9 Å². The minimum atomic E-state index is -3.71. The molecule has 0 aliphatic carbocycles. The standard InChI is InChI=1S/C21H25ClN2O5S2/c1-15(21(25)23-9-12-30-14-16-5-3-4-6-18(16)22)24(31(2,26)27)17-7-8-19-20(13-17)29-11-10-28-19/h3-8,13,15H,9-12,14H2,1-2H3,(H,23,25)/t15-/m1/s1. The fraction of sp³-hybridized carbons (Fsp3) is 0.381. The van der Waals surface area contributed by atoms with Crippen LogP contribution >= 0.6 is 23.4 Å². The number of thioether (sulfide) groups is 1. The number of halogens is 1. The molecule has 2 aromatic carbocycles. The maximum atomic E-state index is 12.7. The fourth-order valence-corrected chi connectivity index (χ4v) is 5.48. The van der Waals surface area contributed by atoms with E-state index in [4.69, 9.17) is 21.1 Å². The van der Waals surface area contributed by atoms with Crippen molar-refractivity contribution in [2.45, 2.75) is 18.7 Å². The van der Waals surface area contributed by atoms with Crippen LogP contribution in [0, 0.1) is 0 Å². The van der Waals surface area contributed by atoms with Crippen LogP contribution in [-0.4, -0.2) is 52.1 Å². The zero-order valence-electron chi connectivity index (χ0n) is 17.3. The first-order valence-corrected chi connectivity index (χ1v) is 13.1. The van der Waals surface area contributed by atoms with E-state index in [0.717, 1.165) is 26.9 Å². The quantitative estimate of drug-likeness (QED) is 0.549. The summed E-state index contributed by atoms with van der Waals surface area (Å²) >= 11 is 7.79. The second-order valence-corrected chi connectivity index (χ2v) is 10.4. The first-order valence-electron chi connectivity index (χ1n) is 9.75. The summed E-state index contributed by atoms with van der Waals surface area (Å²) in [5, 5.41) is 3.53. The van der Waals surface area contributed by atoms with E-state index in [1.165, 1.54) is 0 Å². The maximum absolute atomic E-state index is 12.7. The molecule has 1 atom stereocenters. The monoisotopic (exact) mass is 484 g/mol. The minimum Gasteiger partial charge on any atom is -0.486 e. The molecule has 0 saturated heterocycles. The highest BCUT2D eigenvalue weighted by atomic mass is 35.5. The van der Waals surface area contributed by atoms with Gasteiger partial charge in [0.05, 0.1) is 11.9 Å². The van der Waals surface area contributed by atoms with Crippen molar-refractivity contribution >= 4 is 45.0 Å². The Kier molecular flexibility index (Phi) is 7.96. The van der Waals surface area contributed by atoms with Gasteiger partial charge in [-0.1, -0.05) is 29.8 Å². The van der Waals surface area contributed by atoms with E-state index in [-0.39, 0.29) is 5.91 Å². The number of sulfonamides is 1. The van der Waals surface area contributed by atoms with Crippen molar-refractivity contribution in [3.05, 3.63) is 53.1 Å². The van der Waals surface area contributed by atoms with Crippen LogP contribution in [-0.2, 0) is 20.6 Å². The Morgan fingerprint density at radius 2 is 1.90 bits per heavy atom. The molecule has 1 amide bonds. The molecular weight excluding hydrogens is 460 g/mol. The third-order valence-corrected chi connectivity index (χ3v) is 7.25. The van der Waals surface area contributed by atoms with Crippen molar-refractivity contribution in [2.24, 2.45) is 0 Å². The van der Waals surface area contributed by atoms with Gasteiger partial charge in [-0.3, -0.25) is 9.10 Å². The zero-order chi connectivity index (χ0) is 22.4. The molecule has 0 radical (unpaired) electrons. The van der Waals surface area contributed by atoms with Crippen LogP contribution in [0.1, 0.15) is 12.5 Å². The first kappa shape index (κ1) is 23.6. The van der Waals surface area contributed by atoms with Crippen molar-refractivity contribution < 1.29 is 22.7 Å². The normalized spacial score (nSPS) is 14.0. The molecule has 0 saturated carbocycles. The Morgan fingerprint density at radius 1 is 1.19 bits per heavy atom. The maximum Gasteiger partial charge on any atom is 0.243 e. The molecule has 1 aliphatic rings. The zero-order valence-corrected chi connectivity index (χ0v) is 19.7. The molecule has 0 unspecified atom stereocenters. The van der Waals surface area contributed by atoms with Crippen LogP contribution in [0.4, 0.5) is 5.69 Å². The topological polar surface area (TPSA) is 84.9 Å². The lowest BCUT2D eigenvalue weighted by molar-refractivity contribution is -0.121. The van der Waals surface area contributed by atoms with E-state index < -0.39 is 16.1 Å². The summed E-state index contributed by atoms with van der Waals surface area (Å²) in [4.78, 5) is 12.7. The summed E-state index contributed by atoms with van der Waals surface area (Å²) in [6.07, 6.45) is 1.08. The Balaban J connectivity index is 1.59. The number of nitrogens with one attached hydrogen (secondary N) is 1. The van der Waals surface area contributed by atoms with Crippen molar-refractivity contribution in [3.63, 3.8) is 0 Å². The minimum absolute atomic E-state index is 0.350. The van der Waals surface area contributed by atoms with Gasteiger partial charge in [0.1, 0.15) is 19.3 Å². The summed E-state index contributed by atoms with van der Waals surface area (Å²) in [6.45, 7) is 2.80. The van der Waals surface area contributed by atoms with Crippen molar-refractivity contribution in [1.29, 1.82) is 0 Å². The van der Waals surface area contributed by atoms with E-state index in [1.54, 1.807) is 36.9 Å². The molecule has 10 heteroatoms. The molecule has 3 rings (SSSR count). The molecule has 0 fully saturated rings. The molecule has 168 valence electrons. The Bertz CT molecular complexity index is 1030. The predicted octanol–water partition coefficient (Wildman–Crippen LogP) is 3.32. The number of nitrogens with zero attached hydrogens (tertiary/aromatic N) is 1. The summed E-state index contributed by atoms with van der Waals surface area (Å²) in [5.74, 6) is 2.04. The number of rotatable bonds is 9. The van der Waals surface area contributed by atoms with Crippen LogP contribution in [0.5, 0.6) is 11.5 Å². The molecule has 1 N–H and O–H groups in total. The van der Waals surface area contributed by atoms with Crippen molar-refractivity contribution in [3.8, 4) is 11.5 Å². The van der Waals surface area contributed by atoms with Crippen LogP contribution in [0.3, 0.4) is 0 Å². The third kappa shape index (κ3) is 6.21. The number of ether oxygens (including phenoxy) is 2. The van der Waals surface area contributed by atoms with Gasteiger partial charge in [0, 0.05) is 29.1 Å². The van der Waals surface area contributed by atoms with Crippen LogP contribution in [0.2, 0.25) is 5.02 Å². The van der Waals surface area contributed by atoms with E-state index >= 15 is 0 Å². The Labute approximate surface area is 192 Å². The average Bonchev–Trinajstić information content (AvgIpc) is 2.73. The van der Waals surface area contributed by atoms with Crippen LogP contribution in [0.15, 0.2) is 42.5 Å². The molecule has 0 bridgehead atoms. The number of benzene rings is 2. The summed E-state index contributed by atoms with van der Waals surface area (Å²) < 4.78 is 37.1. The number of fused-ring (bicyclic) bond motifs is 1. The van der Waals surface area contributed by atoms with E-state index in [1.807, 2.05) is 24.3 Å². The fourth-order valence-electron chi connectivity index (χ4n) is 3.17. The highest BCUT2D eigenvalue weighted by molar-refractivity contribution is 7.98. The Hall–Kier alpha value is -2.10. The number of carbonyl (C=O) groups excluding carboxylic acids is 1. The second-order valence-electron chi connectivity index (χ2n) is 7.00. The van der Waals surface area contributed by atoms with Gasteiger partial charge in [-0.25, -0.2) is 8.42 Å². The first-order chi connectivity index (χ1) is 14.8. The van der Waals surface area contributed by atoms with Crippen molar-refractivity contribution in [1.82, 2.24) is 5.32 Å². The van der Waals surface area contributed by atoms with Crippen LogP contribution in [0.25, 0.3) is 0 Å². The average molecular weight is 485 g/mol. The van der Waals surface area contributed by atoms with Gasteiger partial charge < -0.3 is 14.8 Å². The van der Waals surface area contributed by atoms with Gasteiger partial charge in [0.25, 0.3) is 0 Å². The molecule has 2 aromatic rings. The predicted molar refractivity (Wildman–Crippen MR) is 125 cm³/mol. The number of anilines is 1. The van der Waals surface area contributed by atoms with Gasteiger partial charge >= 0.3 is 0 Å². The van der Waals surface area contributed by atoms with Crippen LogP contribution < -0.4 is 19.1 Å². The van der Waals surface area contributed by atoms with Gasteiger partial charge in [-0.15, -0.1) is 0 Å². The summed E-state index contributed by atoms with van der Waals surface area (Å²) in [6, 6.07) is 11.5. The molecular formula is C21H25ClN2O5S2. The van der Waals surface area contributed by atoms with Gasteiger partial charge in [-0.05, 0) is 30.7 Å². The molecule has 1 heterocycles. The number of carbonyl (C=O) groups is 1. The lowest BCUT2D eigenvalue weighted by Crippen LogP contribution is -2.48. The Morgan fingerprint density at radius 3 is 2.61 bits per heavy atom. The van der Waals surface area contributed by atoms with E-state index in [9.17, 15) is 13.2 Å².